The van der Waals surface area contributed by atoms with Crippen molar-refractivity contribution in [2.45, 2.75) is 18.6 Å². The van der Waals surface area contributed by atoms with Crippen LogP contribution in [0.4, 0.5) is 10.1 Å². The Labute approximate surface area is 166 Å². The van der Waals surface area contributed by atoms with Gasteiger partial charge in [-0.1, -0.05) is 22.0 Å². The predicted octanol–water partition coefficient (Wildman–Crippen LogP) is 2.63. The molecule has 10 heteroatoms. The summed E-state index contributed by atoms with van der Waals surface area (Å²) in [5.74, 6) is -0.887. The molecule has 0 aliphatic heterocycles. The number of aromatic nitrogens is 1. The number of allylic oxidation sites excluding steroid dienone is 2. The number of aliphatic hydroxyl groups excluding tert-OH is 2. The lowest BCUT2D eigenvalue weighted by Crippen LogP contribution is -2.30. The number of carbonyl (C=O) groups excluding carboxylic acids is 1. The monoisotopic (exact) mass is 457 g/mol. The molecule has 0 saturated heterocycles. The molecule has 2 heterocycles. The molecule has 0 radical (unpaired) electrons. The number of hydrogen-bond acceptors (Lipinski definition) is 7. The first kappa shape index (κ1) is 19.9. The van der Waals surface area contributed by atoms with Crippen LogP contribution in [0.25, 0.3) is 10.1 Å². The zero-order valence-corrected chi connectivity index (χ0v) is 16.4. The number of nitrogens with one attached hydrogen (secondary N) is 2. The van der Waals surface area contributed by atoms with Crippen LogP contribution in [-0.2, 0) is 4.84 Å². The third-order valence-corrected chi connectivity index (χ3v) is 5.55. The number of aliphatic hydroxyl groups is 2. The molecule has 4 N–H and O–H groups in total. The summed E-state index contributed by atoms with van der Waals surface area (Å²) in [7, 11) is 0. The van der Waals surface area contributed by atoms with Crippen molar-refractivity contribution in [3.05, 3.63) is 45.8 Å². The summed E-state index contributed by atoms with van der Waals surface area (Å²) in [4.78, 5) is 21.8. The number of hydroxylamine groups is 1. The van der Waals surface area contributed by atoms with Crippen LogP contribution in [-0.4, -0.2) is 46.5 Å². The fraction of sp³-hybridized carbons (Fsp3) is 0.294. The summed E-state index contributed by atoms with van der Waals surface area (Å²) in [6, 6.07) is 1.16. The van der Waals surface area contributed by atoms with Crippen LogP contribution in [0.2, 0.25) is 0 Å². The van der Waals surface area contributed by atoms with Crippen molar-refractivity contribution in [3.63, 3.8) is 0 Å². The topological polar surface area (TPSA) is 104 Å². The van der Waals surface area contributed by atoms with Crippen LogP contribution in [0.5, 0.6) is 0 Å². The minimum atomic E-state index is -1.10. The van der Waals surface area contributed by atoms with Crippen molar-refractivity contribution < 1.29 is 24.2 Å². The highest BCUT2D eigenvalue weighted by Crippen LogP contribution is 2.37. The SMILES string of the molecule is O=C(NOC[C@H](O)CO)c1sc2ccncc2c1NC1CC=C(Br)C=C1F. The lowest BCUT2D eigenvalue weighted by molar-refractivity contribution is -0.0293. The second kappa shape index (κ2) is 8.89. The standard InChI is InChI=1S/C17H17BrFN3O4S/c18-9-1-2-13(12(19)5-9)21-15-11-6-20-4-3-14(11)27-16(15)17(25)22-26-8-10(24)7-23/h1,3-6,10,13,21,23-24H,2,7-8H2,(H,22,25)/t10-,13?/m1/s1. The van der Waals surface area contributed by atoms with Crippen molar-refractivity contribution in [2.75, 3.05) is 18.5 Å². The van der Waals surface area contributed by atoms with E-state index in [1.165, 1.54) is 17.4 Å². The first-order valence-electron chi connectivity index (χ1n) is 8.06. The highest BCUT2D eigenvalue weighted by molar-refractivity contribution is 9.11. The minimum absolute atomic E-state index is 0.254. The molecule has 1 aliphatic carbocycles. The fourth-order valence-electron chi connectivity index (χ4n) is 2.48. The molecule has 144 valence electrons. The van der Waals surface area contributed by atoms with Crippen molar-refractivity contribution in [1.29, 1.82) is 0 Å². The maximum absolute atomic E-state index is 14.3. The van der Waals surface area contributed by atoms with Crippen LogP contribution in [0.15, 0.2) is 40.9 Å². The molecular weight excluding hydrogens is 441 g/mol. The first-order valence-corrected chi connectivity index (χ1v) is 9.67. The number of rotatable bonds is 7. The van der Waals surface area contributed by atoms with E-state index in [9.17, 15) is 14.3 Å². The van der Waals surface area contributed by atoms with Gasteiger partial charge >= 0.3 is 0 Å². The van der Waals surface area contributed by atoms with Crippen molar-refractivity contribution in [1.82, 2.24) is 10.5 Å². The largest absolute Gasteiger partial charge is 0.394 e. The summed E-state index contributed by atoms with van der Waals surface area (Å²) in [6.07, 6.45) is 5.76. The fourth-order valence-corrected chi connectivity index (χ4v) is 3.91. The normalized spacial score (nSPS) is 18.0. The van der Waals surface area contributed by atoms with E-state index < -0.39 is 24.7 Å². The lowest BCUT2D eigenvalue weighted by Gasteiger charge is -2.20. The van der Waals surface area contributed by atoms with E-state index in [1.54, 1.807) is 18.5 Å². The van der Waals surface area contributed by atoms with Gasteiger partial charge in [-0.05, 0) is 18.6 Å². The third-order valence-electron chi connectivity index (χ3n) is 3.82. The van der Waals surface area contributed by atoms with E-state index in [-0.39, 0.29) is 12.4 Å². The number of amides is 1. The molecule has 1 unspecified atom stereocenters. The van der Waals surface area contributed by atoms with Gasteiger partial charge in [-0.15, -0.1) is 11.3 Å². The van der Waals surface area contributed by atoms with Crippen LogP contribution in [0.3, 0.4) is 0 Å². The van der Waals surface area contributed by atoms with Gasteiger partial charge in [0.05, 0.1) is 18.3 Å². The Morgan fingerprint density at radius 3 is 3.11 bits per heavy atom. The highest BCUT2D eigenvalue weighted by atomic mass is 79.9. The van der Waals surface area contributed by atoms with E-state index in [2.05, 4.69) is 31.7 Å². The number of thiophene rings is 1. The maximum Gasteiger partial charge on any atom is 0.287 e. The van der Waals surface area contributed by atoms with E-state index in [0.29, 0.717) is 26.9 Å². The third kappa shape index (κ3) is 4.71. The molecule has 1 amide bonds. The predicted molar refractivity (Wildman–Crippen MR) is 104 cm³/mol. The highest BCUT2D eigenvalue weighted by Gasteiger charge is 2.24. The Bertz CT molecular complexity index is 901. The van der Waals surface area contributed by atoms with Crippen molar-refractivity contribution in [3.8, 4) is 0 Å². The number of pyridine rings is 1. The Balaban J connectivity index is 1.84. The second-order valence-corrected chi connectivity index (χ2v) is 7.78. The van der Waals surface area contributed by atoms with Gasteiger partial charge in [0.15, 0.2) is 0 Å². The summed E-state index contributed by atoms with van der Waals surface area (Å²) in [5, 5.41) is 21.8. The Hall–Kier alpha value is -1.85. The summed E-state index contributed by atoms with van der Waals surface area (Å²) in [5.41, 5.74) is 2.70. The van der Waals surface area contributed by atoms with E-state index in [0.717, 1.165) is 4.70 Å². The number of nitrogens with zero attached hydrogens (tertiary/aromatic N) is 1. The Kier molecular flexibility index (Phi) is 6.55. The average Bonchev–Trinajstić information content (AvgIpc) is 3.02. The van der Waals surface area contributed by atoms with E-state index in [1.807, 2.05) is 6.08 Å². The quantitative estimate of drug-likeness (QED) is 0.476. The van der Waals surface area contributed by atoms with Gasteiger partial charge in [-0.25, -0.2) is 9.87 Å². The average molecular weight is 458 g/mol. The molecular formula is C17H17BrFN3O4S. The van der Waals surface area contributed by atoms with Gasteiger partial charge in [0.1, 0.15) is 23.4 Å². The number of fused-ring (bicyclic) bond motifs is 1. The molecule has 0 aromatic carbocycles. The Morgan fingerprint density at radius 1 is 1.56 bits per heavy atom. The van der Waals surface area contributed by atoms with Crippen molar-refractivity contribution >= 4 is 48.9 Å². The van der Waals surface area contributed by atoms with Gasteiger partial charge in [-0.3, -0.25) is 14.6 Å². The molecule has 7 nitrogen and oxygen atoms in total. The molecule has 0 bridgehead atoms. The van der Waals surface area contributed by atoms with Crippen LogP contribution in [0, 0.1) is 0 Å². The van der Waals surface area contributed by atoms with Crippen LogP contribution < -0.4 is 10.8 Å². The van der Waals surface area contributed by atoms with Gasteiger partial charge in [0.25, 0.3) is 5.91 Å². The van der Waals surface area contributed by atoms with Gasteiger partial charge in [0, 0.05) is 27.0 Å². The smallest absolute Gasteiger partial charge is 0.287 e. The number of carbonyl (C=O) groups is 1. The zero-order chi connectivity index (χ0) is 19.4. The maximum atomic E-state index is 14.3. The molecule has 0 spiro atoms. The molecule has 0 fully saturated rings. The van der Waals surface area contributed by atoms with Gasteiger partial charge in [0.2, 0.25) is 0 Å². The molecule has 3 rings (SSSR count). The summed E-state index contributed by atoms with van der Waals surface area (Å²) in [6.45, 7) is -0.732. The first-order chi connectivity index (χ1) is 13.0. The lowest BCUT2D eigenvalue weighted by atomic mass is 10.1. The Morgan fingerprint density at radius 2 is 2.37 bits per heavy atom. The van der Waals surface area contributed by atoms with Crippen LogP contribution >= 0.6 is 27.3 Å². The molecule has 27 heavy (non-hydrogen) atoms. The second-order valence-electron chi connectivity index (χ2n) is 5.81. The van der Waals surface area contributed by atoms with Crippen LogP contribution in [0.1, 0.15) is 16.1 Å². The number of anilines is 1. The molecule has 2 aromatic heterocycles. The van der Waals surface area contributed by atoms with Gasteiger partial charge < -0.3 is 15.5 Å². The van der Waals surface area contributed by atoms with Gasteiger partial charge in [-0.2, -0.15) is 0 Å². The van der Waals surface area contributed by atoms with E-state index >= 15 is 0 Å². The summed E-state index contributed by atoms with van der Waals surface area (Å²) >= 11 is 4.46. The number of halogens is 2. The molecule has 2 atom stereocenters. The molecule has 1 aliphatic rings. The molecule has 0 saturated carbocycles. The summed E-state index contributed by atoms with van der Waals surface area (Å²) < 4.78 is 15.8. The molecule has 2 aromatic rings. The minimum Gasteiger partial charge on any atom is -0.394 e. The zero-order valence-electron chi connectivity index (χ0n) is 14.0. The van der Waals surface area contributed by atoms with Crippen molar-refractivity contribution in [2.24, 2.45) is 0 Å². The number of hydrogen-bond donors (Lipinski definition) is 4. The van der Waals surface area contributed by atoms with E-state index in [4.69, 9.17) is 9.94 Å².